The maximum atomic E-state index is 10.0. The third kappa shape index (κ3) is 3.24. The van der Waals surface area contributed by atoms with Gasteiger partial charge >= 0.3 is 0 Å². The molecule has 0 amide bonds. The highest BCUT2D eigenvalue weighted by Gasteiger charge is 2.10. The lowest BCUT2D eigenvalue weighted by Crippen LogP contribution is -1.98. The van der Waals surface area contributed by atoms with Gasteiger partial charge in [0.05, 0.1) is 5.69 Å². The number of hydrogen-bond acceptors (Lipinski definition) is 4. The summed E-state index contributed by atoms with van der Waals surface area (Å²) in [7, 11) is 0. The van der Waals surface area contributed by atoms with Gasteiger partial charge in [0, 0.05) is 23.5 Å². The number of rotatable bonds is 4. The minimum absolute atomic E-state index is 0.192. The Balaban J connectivity index is 1.62. The number of nitrogens with two attached hydrogens (primary N) is 1. The Labute approximate surface area is 151 Å². The van der Waals surface area contributed by atoms with Crippen LogP contribution in [0.4, 0.5) is 5.82 Å². The Morgan fingerprint density at radius 1 is 1.15 bits per heavy atom. The summed E-state index contributed by atoms with van der Waals surface area (Å²) in [6, 6.07) is 7.12. The van der Waals surface area contributed by atoms with Crippen LogP contribution in [0.3, 0.4) is 0 Å². The highest BCUT2D eigenvalue weighted by molar-refractivity contribution is 5.69. The number of aromatic nitrogens is 3. The first kappa shape index (κ1) is 16.1. The molecule has 2 aromatic heterocycles. The average molecular weight is 344 g/mol. The standard InChI is InChI=1S/C21H20N4O/c22-20-16(10-6-9-15-7-2-1-3-8-15)13-25-14-18(23-21(25)24-20)17-11-4-5-12-19(17)26/h2,4-8,10-14,26H,1,3,9H2,(H2,22,23,24)/b10-6+. The molecular weight excluding hydrogens is 324 g/mol. The van der Waals surface area contributed by atoms with Crippen LogP contribution in [0.2, 0.25) is 0 Å². The molecule has 0 unspecified atom stereocenters. The number of phenolic OH excluding ortho intramolecular Hbond substituents is 1. The van der Waals surface area contributed by atoms with E-state index in [2.05, 4.69) is 34.3 Å². The second kappa shape index (κ2) is 6.88. The zero-order chi connectivity index (χ0) is 17.9. The zero-order valence-electron chi connectivity index (χ0n) is 14.3. The van der Waals surface area contributed by atoms with Crippen molar-refractivity contribution in [2.24, 2.45) is 0 Å². The SMILES string of the molecule is Nc1nc2nc(-c3ccccc3O)cn2cc1/C=C/CC1=CCCC=C1. The van der Waals surface area contributed by atoms with Gasteiger partial charge < -0.3 is 10.8 Å². The largest absolute Gasteiger partial charge is 0.507 e. The Morgan fingerprint density at radius 3 is 2.85 bits per heavy atom. The first-order valence-electron chi connectivity index (χ1n) is 8.66. The summed E-state index contributed by atoms with van der Waals surface area (Å²) in [6.07, 6.45) is 17.6. The van der Waals surface area contributed by atoms with Crippen LogP contribution < -0.4 is 5.73 Å². The van der Waals surface area contributed by atoms with Crippen LogP contribution in [-0.2, 0) is 0 Å². The number of aromatic hydroxyl groups is 1. The van der Waals surface area contributed by atoms with E-state index in [0.717, 1.165) is 24.8 Å². The fraction of sp³-hybridized carbons (Fsp3) is 0.143. The number of fused-ring (bicyclic) bond motifs is 1. The highest BCUT2D eigenvalue weighted by Crippen LogP contribution is 2.28. The summed E-state index contributed by atoms with van der Waals surface area (Å²) in [5.74, 6) is 1.14. The van der Waals surface area contributed by atoms with Gasteiger partial charge in [-0.05, 0) is 37.0 Å². The van der Waals surface area contributed by atoms with Crippen LogP contribution >= 0.6 is 0 Å². The Hall–Kier alpha value is -3.34. The van der Waals surface area contributed by atoms with E-state index >= 15 is 0 Å². The molecule has 0 radical (unpaired) electrons. The van der Waals surface area contributed by atoms with Crippen molar-refractivity contribution in [2.45, 2.75) is 19.3 Å². The minimum atomic E-state index is 0.192. The fourth-order valence-corrected chi connectivity index (χ4v) is 3.04. The average Bonchev–Trinajstić information content (AvgIpc) is 3.05. The van der Waals surface area contributed by atoms with E-state index in [0.29, 0.717) is 22.9 Å². The summed E-state index contributed by atoms with van der Waals surface area (Å²) in [5, 5.41) is 10.0. The predicted molar refractivity (Wildman–Crippen MR) is 105 cm³/mol. The van der Waals surface area contributed by atoms with E-state index in [9.17, 15) is 5.11 Å². The number of phenols is 1. The molecule has 4 rings (SSSR count). The molecular formula is C21H20N4O. The molecule has 5 heteroatoms. The maximum absolute atomic E-state index is 10.0. The van der Waals surface area contributed by atoms with Crippen LogP contribution in [0.25, 0.3) is 23.1 Å². The third-order valence-corrected chi connectivity index (χ3v) is 4.41. The van der Waals surface area contributed by atoms with E-state index in [1.807, 2.05) is 35.0 Å². The molecule has 26 heavy (non-hydrogen) atoms. The number of para-hydroxylation sites is 1. The van der Waals surface area contributed by atoms with E-state index in [-0.39, 0.29) is 5.75 Å². The van der Waals surface area contributed by atoms with Gasteiger partial charge in [0.2, 0.25) is 5.78 Å². The van der Waals surface area contributed by atoms with Crippen LogP contribution in [0.15, 0.2) is 66.5 Å². The van der Waals surface area contributed by atoms with Crippen LogP contribution in [0.5, 0.6) is 5.75 Å². The quantitative estimate of drug-likeness (QED) is 0.737. The number of nitrogens with zero attached hydrogens (tertiary/aromatic N) is 3. The van der Waals surface area contributed by atoms with Crippen molar-refractivity contribution in [2.75, 3.05) is 5.73 Å². The summed E-state index contributed by atoms with van der Waals surface area (Å²) in [6.45, 7) is 0. The van der Waals surface area contributed by atoms with E-state index in [1.54, 1.807) is 12.1 Å². The second-order valence-corrected chi connectivity index (χ2v) is 6.30. The summed E-state index contributed by atoms with van der Waals surface area (Å²) >= 11 is 0. The molecule has 0 spiro atoms. The van der Waals surface area contributed by atoms with Crippen molar-refractivity contribution >= 4 is 17.7 Å². The lowest BCUT2D eigenvalue weighted by Gasteiger charge is -2.04. The van der Waals surface area contributed by atoms with Crippen molar-refractivity contribution in [3.8, 4) is 17.0 Å². The molecule has 0 saturated carbocycles. The smallest absolute Gasteiger partial charge is 0.236 e. The Morgan fingerprint density at radius 2 is 2.04 bits per heavy atom. The fourth-order valence-electron chi connectivity index (χ4n) is 3.04. The molecule has 0 atom stereocenters. The predicted octanol–water partition coefficient (Wildman–Crippen LogP) is 4.36. The summed E-state index contributed by atoms with van der Waals surface area (Å²) in [4.78, 5) is 8.85. The van der Waals surface area contributed by atoms with Crippen LogP contribution in [0, 0.1) is 0 Å². The minimum Gasteiger partial charge on any atom is -0.507 e. The summed E-state index contributed by atoms with van der Waals surface area (Å²) < 4.78 is 1.83. The van der Waals surface area contributed by atoms with E-state index in [1.165, 1.54) is 5.57 Å². The topological polar surface area (TPSA) is 76.4 Å². The molecule has 0 aliphatic heterocycles. The summed E-state index contributed by atoms with van der Waals surface area (Å²) in [5.41, 5.74) is 9.59. The number of imidazole rings is 1. The molecule has 1 aliphatic carbocycles. The molecule has 3 aromatic rings. The number of anilines is 1. The van der Waals surface area contributed by atoms with Gasteiger partial charge in [0.15, 0.2) is 0 Å². The molecule has 1 aliphatic rings. The number of hydrogen-bond donors (Lipinski definition) is 2. The first-order chi connectivity index (χ1) is 12.7. The molecule has 0 saturated heterocycles. The van der Waals surface area contributed by atoms with Gasteiger partial charge in [-0.15, -0.1) is 0 Å². The monoisotopic (exact) mass is 344 g/mol. The van der Waals surface area contributed by atoms with Crippen molar-refractivity contribution in [3.05, 3.63) is 72.1 Å². The Bertz CT molecular complexity index is 1040. The number of nitrogen functional groups attached to an aromatic ring is 1. The zero-order valence-corrected chi connectivity index (χ0v) is 14.3. The maximum Gasteiger partial charge on any atom is 0.236 e. The van der Waals surface area contributed by atoms with Gasteiger partial charge in [0.1, 0.15) is 11.6 Å². The normalized spacial score (nSPS) is 14.2. The molecule has 0 bridgehead atoms. The number of allylic oxidation sites excluding steroid dienone is 5. The van der Waals surface area contributed by atoms with Gasteiger partial charge in [-0.2, -0.15) is 4.98 Å². The Kier molecular flexibility index (Phi) is 4.27. The number of benzene rings is 1. The van der Waals surface area contributed by atoms with Gasteiger partial charge in [-0.3, -0.25) is 4.40 Å². The highest BCUT2D eigenvalue weighted by atomic mass is 16.3. The van der Waals surface area contributed by atoms with Gasteiger partial charge in [0.25, 0.3) is 0 Å². The van der Waals surface area contributed by atoms with Crippen molar-refractivity contribution in [1.82, 2.24) is 14.4 Å². The third-order valence-electron chi connectivity index (χ3n) is 4.41. The molecule has 3 N–H and O–H groups in total. The van der Waals surface area contributed by atoms with Gasteiger partial charge in [-0.25, -0.2) is 4.98 Å². The van der Waals surface area contributed by atoms with Crippen LogP contribution in [-0.4, -0.2) is 19.5 Å². The molecule has 130 valence electrons. The molecule has 1 aromatic carbocycles. The second-order valence-electron chi connectivity index (χ2n) is 6.30. The van der Waals surface area contributed by atoms with Crippen LogP contribution in [0.1, 0.15) is 24.8 Å². The van der Waals surface area contributed by atoms with Crippen molar-refractivity contribution < 1.29 is 5.11 Å². The van der Waals surface area contributed by atoms with Crippen molar-refractivity contribution in [1.29, 1.82) is 0 Å². The molecule has 2 heterocycles. The first-order valence-corrected chi connectivity index (χ1v) is 8.66. The van der Waals surface area contributed by atoms with Crippen molar-refractivity contribution in [3.63, 3.8) is 0 Å². The lowest BCUT2D eigenvalue weighted by molar-refractivity contribution is 0.477. The molecule has 0 fully saturated rings. The van der Waals surface area contributed by atoms with E-state index in [4.69, 9.17) is 5.73 Å². The lowest BCUT2D eigenvalue weighted by atomic mass is 10.0. The molecule has 5 nitrogen and oxygen atoms in total. The van der Waals surface area contributed by atoms with E-state index < -0.39 is 0 Å². The van der Waals surface area contributed by atoms with Gasteiger partial charge in [-0.1, -0.05) is 42.5 Å².